The minimum Gasteiger partial charge on any atom is -0.363 e. The number of benzene rings is 1. The van der Waals surface area contributed by atoms with Gasteiger partial charge in [0.05, 0.1) is 5.52 Å². The highest BCUT2D eigenvalue weighted by Gasteiger charge is 2.08. The van der Waals surface area contributed by atoms with E-state index in [1.165, 1.54) is 5.56 Å². The highest BCUT2D eigenvalue weighted by atomic mass is 15.1. The van der Waals surface area contributed by atoms with Crippen LogP contribution in [0.5, 0.6) is 0 Å². The second-order valence-electron chi connectivity index (χ2n) is 5.26. The van der Waals surface area contributed by atoms with Crippen molar-refractivity contribution in [3.8, 4) is 11.4 Å². The molecule has 0 aliphatic rings. The van der Waals surface area contributed by atoms with Gasteiger partial charge in [-0.2, -0.15) is 0 Å². The average Bonchev–Trinajstić information content (AvgIpc) is 2.91. The summed E-state index contributed by atoms with van der Waals surface area (Å²) >= 11 is 0. The van der Waals surface area contributed by atoms with E-state index in [0.29, 0.717) is 6.54 Å². The second kappa shape index (κ2) is 5.54. The summed E-state index contributed by atoms with van der Waals surface area (Å²) in [6, 6.07) is 12.3. The summed E-state index contributed by atoms with van der Waals surface area (Å²) in [5.41, 5.74) is 9.58. The Morgan fingerprint density at radius 3 is 2.76 bits per heavy atom. The van der Waals surface area contributed by atoms with Crippen LogP contribution < -0.4 is 10.6 Å². The Balaban J connectivity index is 2.02. The van der Waals surface area contributed by atoms with E-state index < -0.39 is 0 Å². The van der Waals surface area contributed by atoms with Gasteiger partial charge in [-0.15, -0.1) is 0 Å². The van der Waals surface area contributed by atoms with Crippen LogP contribution in [-0.2, 0) is 6.42 Å². The number of anilines is 1. The van der Waals surface area contributed by atoms with E-state index in [2.05, 4.69) is 27.1 Å². The number of nitrogens with two attached hydrogens (primary N) is 1. The fourth-order valence-electron chi connectivity index (χ4n) is 2.31. The number of pyridine rings is 1. The Morgan fingerprint density at radius 2 is 2.00 bits per heavy atom. The molecule has 5 nitrogen and oxygen atoms in total. The predicted molar refractivity (Wildman–Crippen MR) is 86.4 cm³/mol. The van der Waals surface area contributed by atoms with Crippen LogP contribution in [0.4, 0.5) is 5.82 Å². The molecular formula is C16H19N5. The standard InChI is InChI=1S/C16H19N5/c1-21(2)14-7-6-13-16(19-14)20-15(18-13)12-5-3-4-11(10-12)8-9-17/h3-7,10H,8-9,17H2,1-2H3,(H,18,19,20). The Hall–Kier alpha value is -2.40. The maximum Gasteiger partial charge on any atom is 0.180 e. The van der Waals surface area contributed by atoms with Crippen molar-refractivity contribution < 1.29 is 0 Å². The van der Waals surface area contributed by atoms with Gasteiger partial charge in [0.25, 0.3) is 0 Å². The first-order valence-electron chi connectivity index (χ1n) is 7.01. The smallest absolute Gasteiger partial charge is 0.180 e. The van der Waals surface area contributed by atoms with Crippen molar-refractivity contribution in [1.29, 1.82) is 0 Å². The number of hydrogen-bond donors (Lipinski definition) is 2. The van der Waals surface area contributed by atoms with Crippen LogP contribution in [-0.4, -0.2) is 35.6 Å². The van der Waals surface area contributed by atoms with Gasteiger partial charge < -0.3 is 15.6 Å². The Kier molecular flexibility index (Phi) is 3.58. The quantitative estimate of drug-likeness (QED) is 0.769. The van der Waals surface area contributed by atoms with E-state index in [1.807, 2.05) is 43.3 Å². The molecule has 1 aromatic carbocycles. The van der Waals surface area contributed by atoms with Crippen molar-refractivity contribution in [3.05, 3.63) is 42.0 Å². The van der Waals surface area contributed by atoms with E-state index in [4.69, 9.17) is 5.73 Å². The van der Waals surface area contributed by atoms with Gasteiger partial charge in [0.15, 0.2) is 5.65 Å². The molecule has 0 atom stereocenters. The lowest BCUT2D eigenvalue weighted by molar-refractivity contribution is 0.969. The zero-order valence-corrected chi connectivity index (χ0v) is 12.3. The van der Waals surface area contributed by atoms with Crippen molar-refractivity contribution in [2.45, 2.75) is 6.42 Å². The van der Waals surface area contributed by atoms with Crippen molar-refractivity contribution >= 4 is 17.0 Å². The molecule has 0 bridgehead atoms. The highest BCUT2D eigenvalue weighted by Crippen LogP contribution is 2.22. The molecule has 0 aliphatic carbocycles. The van der Waals surface area contributed by atoms with Gasteiger partial charge in [0.2, 0.25) is 0 Å². The number of aromatic nitrogens is 3. The molecule has 3 aromatic rings. The van der Waals surface area contributed by atoms with Crippen molar-refractivity contribution in [1.82, 2.24) is 15.0 Å². The number of H-pyrrole nitrogens is 1. The number of imidazole rings is 1. The van der Waals surface area contributed by atoms with Gasteiger partial charge in [-0.1, -0.05) is 18.2 Å². The van der Waals surface area contributed by atoms with E-state index in [9.17, 15) is 0 Å². The largest absolute Gasteiger partial charge is 0.363 e. The normalized spacial score (nSPS) is 11.0. The van der Waals surface area contributed by atoms with Crippen molar-refractivity contribution in [2.24, 2.45) is 5.73 Å². The lowest BCUT2D eigenvalue weighted by Crippen LogP contribution is -2.10. The summed E-state index contributed by atoms with van der Waals surface area (Å²) in [5.74, 6) is 1.74. The van der Waals surface area contributed by atoms with Gasteiger partial charge >= 0.3 is 0 Å². The summed E-state index contributed by atoms with van der Waals surface area (Å²) in [6.45, 7) is 0.650. The van der Waals surface area contributed by atoms with Crippen LogP contribution in [0.25, 0.3) is 22.6 Å². The number of nitrogens with zero attached hydrogens (tertiary/aromatic N) is 3. The molecule has 0 saturated heterocycles. The number of rotatable bonds is 4. The number of nitrogens with one attached hydrogen (secondary N) is 1. The molecule has 5 heteroatoms. The molecule has 0 fully saturated rings. The fraction of sp³-hybridized carbons (Fsp3) is 0.250. The molecule has 2 aromatic heterocycles. The number of hydrogen-bond acceptors (Lipinski definition) is 4. The highest BCUT2D eigenvalue weighted by molar-refractivity contribution is 5.77. The molecule has 0 aliphatic heterocycles. The van der Waals surface area contributed by atoms with Crippen molar-refractivity contribution in [2.75, 3.05) is 25.5 Å². The number of aromatic amines is 1. The van der Waals surface area contributed by atoms with E-state index in [0.717, 1.165) is 34.8 Å². The lowest BCUT2D eigenvalue weighted by Gasteiger charge is -2.09. The first-order valence-corrected chi connectivity index (χ1v) is 7.01. The van der Waals surface area contributed by atoms with E-state index >= 15 is 0 Å². The maximum absolute atomic E-state index is 5.62. The van der Waals surface area contributed by atoms with Crippen LogP contribution in [0.3, 0.4) is 0 Å². The second-order valence-corrected chi connectivity index (χ2v) is 5.26. The molecule has 21 heavy (non-hydrogen) atoms. The average molecular weight is 281 g/mol. The third-order valence-electron chi connectivity index (χ3n) is 3.42. The molecule has 3 rings (SSSR count). The van der Waals surface area contributed by atoms with Gasteiger partial charge in [-0.25, -0.2) is 9.97 Å². The summed E-state index contributed by atoms with van der Waals surface area (Å²) in [6.07, 6.45) is 0.872. The van der Waals surface area contributed by atoms with Crippen LogP contribution >= 0.6 is 0 Å². The van der Waals surface area contributed by atoms with Crippen molar-refractivity contribution in [3.63, 3.8) is 0 Å². The summed E-state index contributed by atoms with van der Waals surface area (Å²) in [5, 5.41) is 0. The molecule has 0 unspecified atom stereocenters. The van der Waals surface area contributed by atoms with E-state index in [-0.39, 0.29) is 0 Å². The molecule has 2 heterocycles. The zero-order valence-electron chi connectivity index (χ0n) is 12.3. The summed E-state index contributed by atoms with van der Waals surface area (Å²) in [7, 11) is 3.94. The molecule has 0 radical (unpaired) electrons. The molecule has 0 amide bonds. The van der Waals surface area contributed by atoms with Gasteiger partial charge in [0.1, 0.15) is 11.6 Å². The first kappa shape index (κ1) is 13.6. The zero-order chi connectivity index (χ0) is 14.8. The Morgan fingerprint density at radius 1 is 1.14 bits per heavy atom. The topological polar surface area (TPSA) is 70.8 Å². The van der Waals surface area contributed by atoms with Crippen LogP contribution in [0.2, 0.25) is 0 Å². The number of fused-ring (bicyclic) bond motifs is 1. The van der Waals surface area contributed by atoms with Crippen LogP contribution in [0, 0.1) is 0 Å². The molecular weight excluding hydrogens is 262 g/mol. The fourth-order valence-corrected chi connectivity index (χ4v) is 2.31. The van der Waals surface area contributed by atoms with Crippen LogP contribution in [0.15, 0.2) is 36.4 Å². The minimum atomic E-state index is 0.650. The van der Waals surface area contributed by atoms with Gasteiger partial charge in [-0.05, 0) is 36.7 Å². The SMILES string of the molecule is CN(C)c1ccc2[nH]c(-c3cccc(CCN)c3)nc2n1. The Bertz CT molecular complexity index is 760. The summed E-state index contributed by atoms with van der Waals surface area (Å²) < 4.78 is 0. The minimum absolute atomic E-state index is 0.650. The summed E-state index contributed by atoms with van der Waals surface area (Å²) in [4.78, 5) is 14.4. The third kappa shape index (κ3) is 2.73. The van der Waals surface area contributed by atoms with Gasteiger partial charge in [0, 0.05) is 19.7 Å². The molecule has 0 spiro atoms. The molecule has 3 N–H and O–H groups in total. The first-order chi connectivity index (χ1) is 10.2. The van der Waals surface area contributed by atoms with E-state index in [1.54, 1.807) is 0 Å². The van der Waals surface area contributed by atoms with Gasteiger partial charge in [-0.3, -0.25) is 0 Å². The predicted octanol–water partition coefficient (Wildman–Crippen LogP) is 2.19. The third-order valence-corrected chi connectivity index (χ3v) is 3.42. The monoisotopic (exact) mass is 281 g/mol. The lowest BCUT2D eigenvalue weighted by atomic mass is 10.1. The molecule has 0 saturated carbocycles. The molecule has 108 valence electrons. The Labute approximate surface area is 123 Å². The maximum atomic E-state index is 5.62. The van der Waals surface area contributed by atoms with Crippen LogP contribution in [0.1, 0.15) is 5.56 Å².